The van der Waals surface area contributed by atoms with Gasteiger partial charge in [-0.05, 0) is 75.7 Å². The Morgan fingerprint density at radius 1 is 1.23 bits per heavy atom. The summed E-state index contributed by atoms with van der Waals surface area (Å²) in [6, 6.07) is 11.4. The topological polar surface area (TPSA) is 74.6 Å². The Kier molecular flexibility index (Phi) is 6.54. The van der Waals surface area contributed by atoms with Crippen LogP contribution in [0.1, 0.15) is 5.56 Å². The fourth-order valence-electron chi connectivity index (χ4n) is 3.31. The molecule has 2 aliphatic rings. The minimum absolute atomic E-state index is 0.0231. The third kappa shape index (κ3) is 4.73. The van der Waals surface area contributed by atoms with Crippen molar-refractivity contribution in [2.24, 2.45) is 4.99 Å². The number of amidine groups is 1. The first-order valence-corrected chi connectivity index (χ1v) is 11.3. The Morgan fingerprint density at radius 2 is 1.94 bits per heavy atom. The lowest BCUT2D eigenvalue weighted by Crippen LogP contribution is -2.36. The molecule has 162 valence electrons. The highest BCUT2D eigenvalue weighted by atomic mass is 79.9. The Labute approximate surface area is 193 Å². The number of methoxy groups -OCH3 is 1. The van der Waals surface area contributed by atoms with Gasteiger partial charge in [-0.3, -0.25) is 9.69 Å². The molecular formula is C22H22BrN3O4S. The summed E-state index contributed by atoms with van der Waals surface area (Å²) in [4.78, 5) is 21.8. The lowest BCUT2D eigenvalue weighted by atomic mass is 10.2. The number of aliphatic imine (C=N–C) groups is 1. The summed E-state index contributed by atoms with van der Waals surface area (Å²) in [5, 5.41) is 10.6. The molecule has 2 aromatic rings. The van der Waals surface area contributed by atoms with Gasteiger partial charge >= 0.3 is 0 Å². The maximum atomic E-state index is 12.7. The number of phenols is 1. The summed E-state index contributed by atoms with van der Waals surface area (Å²) in [6.07, 6.45) is 1.76. The number of morpholine rings is 1. The van der Waals surface area contributed by atoms with Crippen molar-refractivity contribution in [2.75, 3.05) is 45.4 Å². The summed E-state index contributed by atoms with van der Waals surface area (Å²) in [5.74, 6) is 0.228. The van der Waals surface area contributed by atoms with Gasteiger partial charge in [-0.25, -0.2) is 4.99 Å². The molecule has 1 N–H and O–H groups in total. The second-order valence-corrected chi connectivity index (χ2v) is 8.90. The molecule has 2 aromatic carbocycles. The van der Waals surface area contributed by atoms with Crippen molar-refractivity contribution in [1.29, 1.82) is 0 Å². The van der Waals surface area contributed by atoms with E-state index in [9.17, 15) is 9.90 Å². The maximum Gasteiger partial charge on any atom is 0.266 e. The van der Waals surface area contributed by atoms with Gasteiger partial charge in [0.25, 0.3) is 5.91 Å². The van der Waals surface area contributed by atoms with Gasteiger partial charge in [-0.15, -0.1) is 0 Å². The number of benzene rings is 2. The van der Waals surface area contributed by atoms with Crippen LogP contribution in [0.3, 0.4) is 0 Å². The molecular weight excluding hydrogens is 482 g/mol. The molecule has 31 heavy (non-hydrogen) atoms. The van der Waals surface area contributed by atoms with E-state index in [1.807, 2.05) is 24.3 Å². The lowest BCUT2D eigenvalue weighted by Gasteiger charge is -2.28. The van der Waals surface area contributed by atoms with Crippen molar-refractivity contribution in [3.8, 4) is 11.5 Å². The predicted octanol–water partition coefficient (Wildman–Crippen LogP) is 4.23. The molecule has 0 saturated carbocycles. The molecule has 2 fully saturated rings. The van der Waals surface area contributed by atoms with E-state index in [4.69, 9.17) is 9.47 Å². The smallest absolute Gasteiger partial charge is 0.266 e. The summed E-state index contributed by atoms with van der Waals surface area (Å²) < 4.78 is 11.1. The molecule has 0 bridgehead atoms. The van der Waals surface area contributed by atoms with E-state index in [2.05, 4.69) is 25.8 Å². The predicted molar refractivity (Wildman–Crippen MR) is 127 cm³/mol. The average molecular weight is 504 g/mol. The van der Waals surface area contributed by atoms with E-state index in [1.165, 1.54) is 18.9 Å². The number of halogens is 1. The van der Waals surface area contributed by atoms with E-state index >= 15 is 0 Å². The summed E-state index contributed by atoms with van der Waals surface area (Å²) >= 11 is 4.62. The minimum Gasteiger partial charge on any atom is -0.503 e. The Bertz CT molecular complexity index is 1050. The van der Waals surface area contributed by atoms with E-state index in [0.717, 1.165) is 43.2 Å². The SMILES string of the molecule is COc1cc(/C=C2\SC(=Nc3ccc(N4CCOCC4)cc3)N(C)C2=O)cc(Br)c1O. The number of hydrogen-bond acceptors (Lipinski definition) is 7. The van der Waals surface area contributed by atoms with Crippen LogP contribution in [0.5, 0.6) is 11.5 Å². The molecule has 0 spiro atoms. The van der Waals surface area contributed by atoms with Crippen LogP contribution < -0.4 is 9.64 Å². The molecule has 0 unspecified atom stereocenters. The van der Waals surface area contributed by atoms with E-state index < -0.39 is 0 Å². The molecule has 7 nitrogen and oxygen atoms in total. The number of phenolic OH excluding ortho intramolecular Hbond substituents is 1. The van der Waals surface area contributed by atoms with Gasteiger partial charge < -0.3 is 19.5 Å². The highest BCUT2D eigenvalue weighted by Gasteiger charge is 2.30. The van der Waals surface area contributed by atoms with Crippen molar-refractivity contribution < 1.29 is 19.4 Å². The standard InChI is InChI=1S/C22H22BrN3O4S/c1-25-21(28)19(13-14-11-17(23)20(27)18(12-14)29-2)31-22(25)24-15-3-5-16(6-4-15)26-7-9-30-10-8-26/h3-6,11-13,27H,7-10H2,1-2H3/b19-13-,24-22?. The Hall–Kier alpha value is -2.49. The Balaban J connectivity index is 1.54. The first-order valence-electron chi connectivity index (χ1n) is 9.72. The van der Waals surface area contributed by atoms with Gasteiger partial charge in [-0.2, -0.15) is 0 Å². The minimum atomic E-state index is -0.128. The van der Waals surface area contributed by atoms with Crippen molar-refractivity contribution in [1.82, 2.24) is 4.90 Å². The lowest BCUT2D eigenvalue weighted by molar-refractivity contribution is -0.121. The van der Waals surface area contributed by atoms with Gasteiger partial charge in [0.15, 0.2) is 16.7 Å². The number of carbonyl (C=O) groups excluding carboxylic acids is 1. The zero-order valence-electron chi connectivity index (χ0n) is 17.2. The number of nitrogens with zero attached hydrogens (tertiary/aromatic N) is 3. The molecule has 2 heterocycles. The summed E-state index contributed by atoms with van der Waals surface area (Å²) in [5.41, 5.74) is 2.67. The number of hydrogen-bond donors (Lipinski definition) is 1. The zero-order valence-corrected chi connectivity index (χ0v) is 19.6. The summed E-state index contributed by atoms with van der Waals surface area (Å²) in [6.45, 7) is 3.25. The Morgan fingerprint density at radius 3 is 2.61 bits per heavy atom. The molecule has 1 amide bonds. The number of aromatic hydroxyl groups is 1. The third-order valence-electron chi connectivity index (χ3n) is 5.02. The monoisotopic (exact) mass is 503 g/mol. The van der Waals surface area contributed by atoms with Crippen LogP contribution in [-0.2, 0) is 9.53 Å². The number of rotatable bonds is 4. The van der Waals surface area contributed by atoms with Crippen LogP contribution in [0, 0.1) is 0 Å². The molecule has 9 heteroatoms. The van der Waals surface area contributed by atoms with Gasteiger partial charge in [0, 0.05) is 25.8 Å². The van der Waals surface area contributed by atoms with Crippen molar-refractivity contribution in [3.63, 3.8) is 0 Å². The molecule has 0 radical (unpaired) electrons. The van der Waals surface area contributed by atoms with Gasteiger partial charge in [0.1, 0.15) is 0 Å². The number of thioether (sulfide) groups is 1. The maximum absolute atomic E-state index is 12.7. The van der Waals surface area contributed by atoms with Crippen LogP contribution in [0.25, 0.3) is 6.08 Å². The molecule has 0 atom stereocenters. The van der Waals surface area contributed by atoms with Gasteiger partial charge in [-0.1, -0.05) is 0 Å². The number of carbonyl (C=O) groups is 1. The number of ether oxygens (including phenoxy) is 2. The molecule has 0 aliphatic carbocycles. The zero-order chi connectivity index (χ0) is 22.0. The molecule has 2 aliphatic heterocycles. The van der Waals surface area contributed by atoms with Crippen molar-refractivity contribution in [3.05, 3.63) is 51.3 Å². The largest absolute Gasteiger partial charge is 0.503 e. The van der Waals surface area contributed by atoms with Gasteiger partial charge in [0.05, 0.1) is 35.4 Å². The number of anilines is 1. The fourth-order valence-corrected chi connectivity index (χ4v) is 4.75. The highest BCUT2D eigenvalue weighted by Crippen LogP contribution is 2.38. The van der Waals surface area contributed by atoms with Crippen molar-refractivity contribution >= 4 is 56.2 Å². The van der Waals surface area contributed by atoms with Crippen LogP contribution in [0.2, 0.25) is 0 Å². The second kappa shape index (κ2) is 9.33. The first kappa shape index (κ1) is 21.7. The van der Waals surface area contributed by atoms with Crippen LogP contribution in [0.15, 0.2) is 50.8 Å². The first-order chi connectivity index (χ1) is 15.0. The number of amides is 1. The fraction of sp³-hybridized carbons (Fsp3) is 0.273. The van der Waals surface area contributed by atoms with E-state index in [1.54, 1.807) is 30.2 Å². The van der Waals surface area contributed by atoms with Crippen molar-refractivity contribution in [2.45, 2.75) is 0 Å². The average Bonchev–Trinajstić information content (AvgIpc) is 3.05. The van der Waals surface area contributed by atoms with E-state index in [0.29, 0.717) is 20.3 Å². The van der Waals surface area contributed by atoms with Crippen LogP contribution >= 0.6 is 27.7 Å². The van der Waals surface area contributed by atoms with E-state index in [-0.39, 0.29) is 11.7 Å². The third-order valence-corrected chi connectivity index (χ3v) is 6.69. The van der Waals surface area contributed by atoms with Crippen LogP contribution in [-0.4, -0.2) is 61.5 Å². The normalized spacial score (nSPS) is 19.5. The molecule has 4 rings (SSSR count). The highest BCUT2D eigenvalue weighted by molar-refractivity contribution is 9.10. The number of likely N-dealkylation sites (N-methyl/N-ethyl adjacent to an activating group) is 1. The quantitative estimate of drug-likeness (QED) is 0.629. The molecule has 0 aromatic heterocycles. The second-order valence-electron chi connectivity index (χ2n) is 7.04. The van der Waals surface area contributed by atoms with Crippen LogP contribution in [0.4, 0.5) is 11.4 Å². The summed E-state index contributed by atoms with van der Waals surface area (Å²) in [7, 11) is 3.20. The molecule has 2 saturated heterocycles. The van der Waals surface area contributed by atoms with Gasteiger partial charge in [0.2, 0.25) is 0 Å².